The number of hydrogen-bond acceptors (Lipinski definition) is 3. The van der Waals surface area contributed by atoms with Gasteiger partial charge < -0.3 is 16.3 Å². The lowest BCUT2D eigenvalue weighted by Crippen LogP contribution is -2.51. The first-order chi connectivity index (χ1) is 8.52. The predicted octanol–water partition coefficient (Wildman–Crippen LogP) is 1.45. The number of amidine groups is 1. The summed E-state index contributed by atoms with van der Waals surface area (Å²) >= 11 is 0. The second-order valence-corrected chi connectivity index (χ2v) is 5.85. The van der Waals surface area contributed by atoms with E-state index in [0.29, 0.717) is 24.3 Å². The molecule has 0 radical (unpaired) electrons. The topological polar surface area (TPSA) is 87.7 Å². The summed E-state index contributed by atoms with van der Waals surface area (Å²) < 4.78 is 0. The van der Waals surface area contributed by atoms with Crippen molar-refractivity contribution >= 4 is 11.7 Å². The molecule has 0 aromatic heterocycles. The van der Waals surface area contributed by atoms with Gasteiger partial charge in [0.25, 0.3) is 0 Å². The van der Waals surface area contributed by atoms with Crippen LogP contribution in [0.1, 0.15) is 46.0 Å². The first-order valence-electron chi connectivity index (χ1n) is 6.82. The van der Waals surface area contributed by atoms with Crippen LogP contribution < -0.4 is 11.1 Å². The highest BCUT2D eigenvalue weighted by Crippen LogP contribution is 2.44. The average Bonchev–Trinajstić information content (AvgIpc) is 3.25. The van der Waals surface area contributed by atoms with Crippen LogP contribution in [0.25, 0.3) is 0 Å². The fourth-order valence-electron chi connectivity index (χ4n) is 2.41. The van der Waals surface area contributed by atoms with Gasteiger partial charge in [-0.3, -0.25) is 4.79 Å². The molecule has 18 heavy (non-hydrogen) atoms. The van der Waals surface area contributed by atoms with Gasteiger partial charge in [-0.05, 0) is 50.9 Å². The van der Waals surface area contributed by atoms with Crippen molar-refractivity contribution < 1.29 is 10.0 Å². The van der Waals surface area contributed by atoms with Gasteiger partial charge in [-0.1, -0.05) is 12.1 Å². The van der Waals surface area contributed by atoms with Gasteiger partial charge in [0.05, 0.1) is 0 Å². The summed E-state index contributed by atoms with van der Waals surface area (Å²) in [6.07, 6.45) is 5.39. The molecule has 0 spiro atoms. The van der Waals surface area contributed by atoms with Crippen LogP contribution in [-0.2, 0) is 4.79 Å². The largest absolute Gasteiger partial charge is 0.409 e. The number of carbonyl (C=O) groups excluding carboxylic acids is 1. The van der Waals surface area contributed by atoms with Gasteiger partial charge in [0, 0.05) is 6.04 Å². The minimum atomic E-state index is -0.906. The Bertz CT molecular complexity index is 349. The predicted molar refractivity (Wildman–Crippen MR) is 69.2 cm³/mol. The summed E-state index contributed by atoms with van der Waals surface area (Å²) in [6, 6.07) is 0.301. The fourth-order valence-corrected chi connectivity index (χ4v) is 2.41. The molecule has 5 heteroatoms. The Kier molecular flexibility index (Phi) is 3.50. The van der Waals surface area contributed by atoms with E-state index in [1.807, 2.05) is 6.92 Å². The van der Waals surface area contributed by atoms with Gasteiger partial charge in [0.2, 0.25) is 5.91 Å². The van der Waals surface area contributed by atoms with Crippen molar-refractivity contribution in [3.05, 3.63) is 0 Å². The van der Waals surface area contributed by atoms with E-state index >= 15 is 0 Å². The van der Waals surface area contributed by atoms with Gasteiger partial charge in [0.15, 0.2) is 5.84 Å². The second kappa shape index (κ2) is 4.78. The van der Waals surface area contributed by atoms with E-state index in [9.17, 15) is 4.79 Å². The zero-order valence-corrected chi connectivity index (χ0v) is 11.1. The van der Waals surface area contributed by atoms with E-state index in [2.05, 4.69) is 10.5 Å². The summed E-state index contributed by atoms with van der Waals surface area (Å²) in [5.41, 5.74) is 4.76. The summed E-state index contributed by atoms with van der Waals surface area (Å²) in [5.74, 6) is 1.18. The molecule has 2 aliphatic rings. The zero-order valence-electron chi connectivity index (χ0n) is 11.1. The Balaban J connectivity index is 2.04. The number of amides is 1. The number of rotatable bonds is 6. The average molecular weight is 253 g/mol. The fraction of sp³-hybridized carbons (Fsp3) is 0.846. The number of nitrogens with two attached hydrogens (primary N) is 1. The highest BCUT2D eigenvalue weighted by Gasteiger charge is 2.45. The van der Waals surface area contributed by atoms with Crippen LogP contribution in [0.2, 0.25) is 0 Å². The summed E-state index contributed by atoms with van der Waals surface area (Å²) in [5, 5.41) is 15.0. The Morgan fingerprint density at radius 1 is 1.44 bits per heavy atom. The Labute approximate surface area is 108 Å². The molecule has 102 valence electrons. The van der Waals surface area contributed by atoms with Gasteiger partial charge in [-0.25, -0.2) is 0 Å². The summed E-state index contributed by atoms with van der Waals surface area (Å²) in [6.45, 7) is 3.61. The standard InChI is InChI=1S/C13H23N3O2/c1-3-13(2,11(14)16-18)12(17)15-10(8-4-5-8)9-6-7-9/h8-10,18H,3-7H2,1-2H3,(H2,14,16)(H,15,17). The molecule has 1 unspecified atom stereocenters. The summed E-state index contributed by atoms with van der Waals surface area (Å²) in [4.78, 5) is 12.4. The van der Waals surface area contributed by atoms with Crippen molar-refractivity contribution in [2.24, 2.45) is 28.1 Å². The molecular weight excluding hydrogens is 230 g/mol. The molecule has 5 nitrogen and oxygen atoms in total. The molecule has 2 saturated carbocycles. The Hall–Kier alpha value is -1.26. The minimum Gasteiger partial charge on any atom is -0.409 e. The maximum Gasteiger partial charge on any atom is 0.233 e. The quantitative estimate of drug-likeness (QED) is 0.290. The molecule has 1 amide bonds. The highest BCUT2D eigenvalue weighted by molar-refractivity contribution is 6.06. The number of carbonyl (C=O) groups is 1. The van der Waals surface area contributed by atoms with Gasteiger partial charge in [0.1, 0.15) is 5.41 Å². The lowest BCUT2D eigenvalue weighted by atomic mass is 9.84. The van der Waals surface area contributed by atoms with Crippen molar-refractivity contribution in [2.75, 3.05) is 0 Å². The Morgan fingerprint density at radius 3 is 2.28 bits per heavy atom. The first kappa shape index (κ1) is 13.2. The van der Waals surface area contributed by atoms with Gasteiger partial charge in [-0.15, -0.1) is 0 Å². The smallest absolute Gasteiger partial charge is 0.233 e. The Morgan fingerprint density at radius 2 is 1.94 bits per heavy atom. The third-order valence-corrected chi connectivity index (χ3v) is 4.44. The van der Waals surface area contributed by atoms with E-state index in [1.54, 1.807) is 6.92 Å². The zero-order chi connectivity index (χ0) is 13.3. The van der Waals surface area contributed by atoms with Crippen molar-refractivity contribution in [1.29, 1.82) is 0 Å². The van der Waals surface area contributed by atoms with E-state index in [-0.39, 0.29) is 11.7 Å². The van der Waals surface area contributed by atoms with Crippen LogP contribution in [0.3, 0.4) is 0 Å². The molecular formula is C13H23N3O2. The first-order valence-corrected chi connectivity index (χ1v) is 6.82. The molecule has 2 aliphatic carbocycles. The molecule has 1 atom stereocenters. The van der Waals surface area contributed by atoms with Crippen LogP contribution in [-0.4, -0.2) is 23.0 Å². The molecule has 0 aliphatic heterocycles. The molecule has 0 saturated heterocycles. The number of nitrogens with zero attached hydrogens (tertiary/aromatic N) is 1. The maximum atomic E-state index is 12.4. The van der Waals surface area contributed by atoms with Crippen molar-refractivity contribution in [1.82, 2.24) is 5.32 Å². The lowest BCUT2D eigenvalue weighted by molar-refractivity contribution is -0.128. The monoisotopic (exact) mass is 253 g/mol. The number of oxime groups is 1. The van der Waals surface area contributed by atoms with Gasteiger partial charge >= 0.3 is 0 Å². The highest BCUT2D eigenvalue weighted by atomic mass is 16.4. The van der Waals surface area contributed by atoms with Crippen LogP contribution in [0.5, 0.6) is 0 Å². The van der Waals surface area contributed by atoms with E-state index in [0.717, 1.165) is 0 Å². The SMILES string of the molecule is CCC(C)(C(=O)NC(C1CC1)C1CC1)C(N)=NO. The molecule has 0 heterocycles. The number of nitrogens with one attached hydrogen (secondary N) is 1. The third kappa shape index (κ3) is 2.44. The molecule has 0 bridgehead atoms. The minimum absolute atomic E-state index is 0.00663. The van der Waals surface area contributed by atoms with Crippen LogP contribution in [0, 0.1) is 17.3 Å². The van der Waals surface area contributed by atoms with E-state index < -0.39 is 5.41 Å². The van der Waals surface area contributed by atoms with Crippen molar-refractivity contribution in [2.45, 2.75) is 52.0 Å². The normalized spacial score (nSPS) is 23.8. The van der Waals surface area contributed by atoms with Crippen LogP contribution >= 0.6 is 0 Å². The summed E-state index contributed by atoms with van der Waals surface area (Å²) in [7, 11) is 0. The van der Waals surface area contributed by atoms with Crippen LogP contribution in [0.15, 0.2) is 5.16 Å². The molecule has 2 fully saturated rings. The molecule has 0 aromatic rings. The van der Waals surface area contributed by atoms with E-state index in [1.165, 1.54) is 25.7 Å². The van der Waals surface area contributed by atoms with Crippen LogP contribution in [0.4, 0.5) is 0 Å². The lowest BCUT2D eigenvalue weighted by Gasteiger charge is -2.28. The molecule has 2 rings (SSSR count). The number of hydrogen-bond donors (Lipinski definition) is 3. The second-order valence-electron chi connectivity index (χ2n) is 5.85. The third-order valence-electron chi connectivity index (χ3n) is 4.44. The molecule has 0 aromatic carbocycles. The maximum absolute atomic E-state index is 12.4. The van der Waals surface area contributed by atoms with Gasteiger partial charge in [-0.2, -0.15) is 0 Å². The van der Waals surface area contributed by atoms with E-state index in [4.69, 9.17) is 10.9 Å². The molecule has 4 N–H and O–H groups in total. The van der Waals surface area contributed by atoms with Crippen molar-refractivity contribution in [3.63, 3.8) is 0 Å². The van der Waals surface area contributed by atoms with Crippen molar-refractivity contribution in [3.8, 4) is 0 Å².